The highest BCUT2D eigenvalue weighted by atomic mass is 127. The number of hydrogen-bond donors (Lipinski definition) is 2. The van der Waals surface area contributed by atoms with E-state index in [2.05, 4.69) is 47.0 Å². The third-order valence-corrected chi connectivity index (χ3v) is 6.84. The van der Waals surface area contributed by atoms with Crippen molar-refractivity contribution in [3.8, 4) is 0 Å². The van der Waals surface area contributed by atoms with Crippen molar-refractivity contribution < 1.29 is 8.42 Å². The lowest BCUT2D eigenvalue weighted by atomic mass is 9.98. The third-order valence-electron chi connectivity index (χ3n) is 4.71. The molecule has 1 aliphatic rings. The van der Waals surface area contributed by atoms with E-state index in [1.165, 1.54) is 22.3 Å². The monoisotopic (exact) mass is 526 g/mol. The van der Waals surface area contributed by atoms with Gasteiger partial charge in [0, 0.05) is 38.1 Å². The number of aryl methyl sites for hydroxylation is 1. The van der Waals surface area contributed by atoms with Gasteiger partial charge in [-0.2, -0.15) is 0 Å². The summed E-state index contributed by atoms with van der Waals surface area (Å²) in [6.07, 6.45) is 5.14. The van der Waals surface area contributed by atoms with Gasteiger partial charge in [0.05, 0.1) is 6.26 Å². The van der Waals surface area contributed by atoms with Crippen molar-refractivity contribution in [1.82, 2.24) is 14.9 Å². The first-order valence-electron chi connectivity index (χ1n) is 8.86. The van der Waals surface area contributed by atoms with E-state index >= 15 is 0 Å². The lowest BCUT2D eigenvalue weighted by molar-refractivity contribution is 0.275. The second-order valence-corrected chi connectivity index (χ2v) is 9.56. The van der Waals surface area contributed by atoms with E-state index in [0.717, 1.165) is 31.9 Å². The highest BCUT2D eigenvalue weighted by molar-refractivity contribution is 14.0. The molecule has 0 saturated carbocycles. The number of guanidine groups is 1. The summed E-state index contributed by atoms with van der Waals surface area (Å²) >= 11 is 1.75. The summed E-state index contributed by atoms with van der Waals surface area (Å²) in [4.78, 5) is 5.57. The van der Waals surface area contributed by atoms with Gasteiger partial charge in [-0.25, -0.2) is 12.7 Å². The molecule has 154 valence electrons. The van der Waals surface area contributed by atoms with Crippen molar-refractivity contribution in [2.75, 3.05) is 39.2 Å². The SMILES string of the molecule is CN=C(NCc1ccc(C)cc1SC)NCC1CCN(S(C)(=O)=O)CC1.I. The van der Waals surface area contributed by atoms with E-state index in [1.54, 1.807) is 23.1 Å². The second-order valence-electron chi connectivity index (χ2n) is 6.73. The number of benzene rings is 1. The molecule has 1 aromatic carbocycles. The van der Waals surface area contributed by atoms with Crippen molar-refractivity contribution in [3.63, 3.8) is 0 Å². The summed E-state index contributed by atoms with van der Waals surface area (Å²) in [7, 11) is -1.29. The van der Waals surface area contributed by atoms with Crippen LogP contribution in [0.5, 0.6) is 0 Å². The first-order valence-corrected chi connectivity index (χ1v) is 11.9. The van der Waals surface area contributed by atoms with E-state index < -0.39 is 10.0 Å². The van der Waals surface area contributed by atoms with Gasteiger partial charge in [0.2, 0.25) is 10.0 Å². The van der Waals surface area contributed by atoms with Crippen LogP contribution in [0, 0.1) is 12.8 Å². The molecule has 9 heteroatoms. The molecule has 0 spiro atoms. The van der Waals surface area contributed by atoms with Crippen LogP contribution in [-0.4, -0.2) is 57.9 Å². The van der Waals surface area contributed by atoms with Crippen LogP contribution in [-0.2, 0) is 16.6 Å². The van der Waals surface area contributed by atoms with E-state index in [1.807, 2.05) is 0 Å². The average molecular weight is 527 g/mol. The second kappa shape index (κ2) is 11.5. The quantitative estimate of drug-likeness (QED) is 0.258. The molecule has 0 bridgehead atoms. The molecule has 2 N–H and O–H groups in total. The van der Waals surface area contributed by atoms with Crippen molar-refractivity contribution in [2.45, 2.75) is 31.2 Å². The summed E-state index contributed by atoms with van der Waals surface area (Å²) in [5.41, 5.74) is 2.52. The first-order chi connectivity index (χ1) is 12.3. The van der Waals surface area contributed by atoms with Gasteiger partial charge in [-0.15, -0.1) is 35.7 Å². The number of nitrogens with zero attached hydrogens (tertiary/aromatic N) is 2. The molecule has 1 fully saturated rings. The Balaban J connectivity index is 0.00000364. The van der Waals surface area contributed by atoms with Gasteiger partial charge in [-0.05, 0) is 49.1 Å². The summed E-state index contributed by atoms with van der Waals surface area (Å²) < 4.78 is 24.7. The number of nitrogens with one attached hydrogen (secondary N) is 2. The predicted octanol–water partition coefficient (Wildman–Crippen LogP) is 2.67. The number of hydrogen-bond acceptors (Lipinski definition) is 4. The van der Waals surface area contributed by atoms with Crippen LogP contribution in [0.15, 0.2) is 28.1 Å². The molecule has 6 nitrogen and oxygen atoms in total. The topological polar surface area (TPSA) is 73.8 Å². The average Bonchev–Trinajstić information content (AvgIpc) is 2.62. The summed E-state index contributed by atoms with van der Waals surface area (Å²) in [6.45, 7) is 4.85. The van der Waals surface area contributed by atoms with Gasteiger partial charge >= 0.3 is 0 Å². The lowest BCUT2D eigenvalue weighted by Gasteiger charge is -2.30. The van der Waals surface area contributed by atoms with Crippen LogP contribution in [0.4, 0.5) is 0 Å². The Morgan fingerprint density at radius 2 is 1.96 bits per heavy atom. The maximum Gasteiger partial charge on any atom is 0.211 e. The molecule has 27 heavy (non-hydrogen) atoms. The van der Waals surface area contributed by atoms with Crippen molar-refractivity contribution in [1.29, 1.82) is 0 Å². The number of rotatable bonds is 6. The molecule has 0 unspecified atom stereocenters. The Hall–Kier alpha value is -0.520. The van der Waals surface area contributed by atoms with Crippen LogP contribution in [0.1, 0.15) is 24.0 Å². The van der Waals surface area contributed by atoms with Crippen molar-refractivity contribution >= 4 is 51.7 Å². The molecule has 0 atom stereocenters. The molecule has 0 radical (unpaired) electrons. The number of piperidine rings is 1. The summed E-state index contributed by atoms with van der Waals surface area (Å²) in [5.74, 6) is 1.25. The predicted molar refractivity (Wildman–Crippen MR) is 126 cm³/mol. The first kappa shape index (κ1) is 24.5. The number of sulfonamides is 1. The Labute approximate surface area is 185 Å². The zero-order valence-corrected chi connectivity index (χ0v) is 20.5. The molecular weight excluding hydrogens is 495 g/mol. The molecule has 2 rings (SSSR count). The molecule has 1 saturated heterocycles. The fourth-order valence-corrected chi connectivity index (χ4v) is 4.66. The molecule has 0 aliphatic carbocycles. The van der Waals surface area contributed by atoms with Crippen molar-refractivity contribution in [2.24, 2.45) is 10.9 Å². The van der Waals surface area contributed by atoms with Gasteiger partial charge in [-0.1, -0.05) is 12.1 Å². The smallest absolute Gasteiger partial charge is 0.211 e. The minimum atomic E-state index is -3.06. The van der Waals surface area contributed by atoms with Crippen LogP contribution in [0.25, 0.3) is 0 Å². The summed E-state index contributed by atoms with van der Waals surface area (Å²) in [6, 6.07) is 6.48. The van der Waals surface area contributed by atoms with Gasteiger partial charge < -0.3 is 10.6 Å². The van der Waals surface area contributed by atoms with E-state index in [0.29, 0.717) is 19.0 Å². The molecule has 1 heterocycles. The van der Waals surface area contributed by atoms with Crippen LogP contribution < -0.4 is 10.6 Å². The zero-order chi connectivity index (χ0) is 19.2. The Morgan fingerprint density at radius 1 is 1.30 bits per heavy atom. The molecule has 0 aromatic heterocycles. The maximum atomic E-state index is 11.6. The molecule has 0 amide bonds. The highest BCUT2D eigenvalue weighted by Crippen LogP contribution is 2.22. The minimum Gasteiger partial charge on any atom is -0.356 e. The van der Waals surface area contributed by atoms with E-state index in [-0.39, 0.29) is 24.0 Å². The summed E-state index contributed by atoms with van der Waals surface area (Å²) in [5, 5.41) is 6.75. The molecular formula is C18H31IN4O2S2. The molecule has 1 aromatic rings. The van der Waals surface area contributed by atoms with Crippen molar-refractivity contribution in [3.05, 3.63) is 29.3 Å². The number of thioether (sulfide) groups is 1. The number of aliphatic imine (C=N–C) groups is 1. The van der Waals surface area contributed by atoms with Crippen LogP contribution in [0.2, 0.25) is 0 Å². The number of halogens is 1. The fraction of sp³-hybridized carbons (Fsp3) is 0.611. The zero-order valence-electron chi connectivity index (χ0n) is 16.5. The third kappa shape index (κ3) is 7.78. The van der Waals surface area contributed by atoms with Crippen LogP contribution >= 0.6 is 35.7 Å². The van der Waals surface area contributed by atoms with Gasteiger partial charge in [-0.3, -0.25) is 4.99 Å². The largest absolute Gasteiger partial charge is 0.356 e. The highest BCUT2D eigenvalue weighted by Gasteiger charge is 2.24. The van der Waals surface area contributed by atoms with Gasteiger partial charge in [0.25, 0.3) is 0 Å². The Kier molecular flexibility index (Phi) is 10.4. The minimum absolute atomic E-state index is 0. The van der Waals surface area contributed by atoms with Gasteiger partial charge in [0.15, 0.2) is 5.96 Å². The van der Waals surface area contributed by atoms with Gasteiger partial charge in [0.1, 0.15) is 0 Å². The Morgan fingerprint density at radius 3 is 2.52 bits per heavy atom. The van der Waals surface area contributed by atoms with E-state index in [9.17, 15) is 8.42 Å². The lowest BCUT2D eigenvalue weighted by Crippen LogP contribution is -2.43. The maximum absolute atomic E-state index is 11.6. The normalized spacial score (nSPS) is 16.7. The standard InChI is InChI=1S/C18H30N4O2S2.HI/c1-14-5-6-16(17(11-14)25-3)13-21-18(19-2)20-12-15-7-9-22(10-8-15)26(4,23)24;/h5-6,11,15H,7-10,12-13H2,1-4H3,(H2,19,20,21);1H. The fourth-order valence-electron chi connectivity index (χ4n) is 3.08. The molecule has 1 aliphatic heterocycles. The Bertz CT molecular complexity index is 733. The van der Waals surface area contributed by atoms with E-state index in [4.69, 9.17) is 0 Å². The van der Waals surface area contributed by atoms with Crippen LogP contribution in [0.3, 0.4) is 0 Å².